The van der Waals surface area contributed by atoms with E-state index in [2.05, 4.69) is 0 Å². The summed E-state index contributed by atoms with van der Waals surface area (Å²) in [5.41, 5.74) is 0. The van der Waals surface area contributed by atoms with Crippen LogP contribution >= 0.6 is 0 Å². The fourth-order valence-corrected chi connectivity index (χ4v) is 0.833. The highest BCUT2D eigenvalue weighted by Gasteiger charge is 2.15. The van der Waals surface area contributed by atoms with Gasteiger partial charge in [-0.15, -0.1) is 0 Å². The highest BCUT2D eigenvalue weighted by atomic mass is 16.5. The average Bonchev–Trinajstić information content (AvgIpc) is 1.87. The van der Waals surface area contributed by atoms with Crippen LogP contribution in [0, 0.1) is 0 Å². The van der Waals surface area contributed by atoms with E-state index in [4.69, 9.17) is 12.6 Å². The Labute approximate surface area is 45.5 Å². The molecule has 1 saturated heterocycles. The third-order valence-corrected chi connectivity index (χ3v) is 1.26. The standard InChI is InChI=1S/C5H9BO/c1-4-2-3-5(6)7-4/h4-5H,2-3H2,1H3/t4?,5-/m1/s1. The fourth-order valence-electron chi connectivity index (χ4n) is 0.833. The van der Waals surface area contributed by atoms with Gasteiger partial charge in [-0.25, -0.2) is 0 Å². The van der Waals surface area contributed by atoms with Gasteiger partial charge in [-0.2, -0.15) is 0 Å². The summed E-state index contributed by atoms with van der Waals surface area (Å²) in [5, 5.41) is 0. The minimum Gasteiger partial charge on any atom is -0.385 e. The second kappa shape index (κ2) is 1.87. The molecule has 0 spiro atoms. The second-order valence-corrected chi connectivity index (χ2v) is 2.06. The molecule has 38 valence electrons. The third kappa shape index (κ3) is 1.20. The van der Waals surface area contributed by atoms with Crippen molar-refractivity contribution >= 4 is 7.85 Å². The number of hydrogen-bond donors (Lipinski definition) is 0. The molecule has 1 aliphatic heterocycles. The number of hydrogen-bond acceptors (Lipinski definition) is 1. The summed E-state index contributed by atoms with van der Waals surface area (Å²) in [4.78, 5) is 0. The largest absolute Gasteiger partial charge is 0.385 e. The van der Waals surface area contributed by atoms with Gasteiger partial charge in [0.2, 0.25) is 0 Å². The van der Waals surface area contributed by atoms with E-state index in [-0.39, 0.29) is 6.00 Å². The van der Waals surface area contributed by atoms with E-state index in [0.717, 1.165) is 12.8 Å². The SMILES string of the molecule is [B][C@H]1CCC(C)O1. The minimum atomic E-state index is 0.0231. The van der Waals surface area contributed by atoms with Crippen molar-refractivity contribution in [3.05, 3.63) is 0 Å². The lowest BCUT2D eigenvalue weighted by Crippen LogP contribution is -2.06. The molecule has 1 rings (SSSR count). The maximum atomic E-state index is 5.40. The van der Waals surface area contributed by atoms with Crippen LogP contribution in [0.4, 0.5) is 0 Å². The molecule has 0 saturated carbocycles. The smallest absolute Gasteiger partial charge is 0.108 e. The summed E-state index contributed by atoms with van der Waals surface area (Å²) in [6.45, 7) is 2.05. The molecular weight excluding hydrogens is 86.9 g/mol. The first kappa shape index (κ1) is 5.17. The molecule has 1 fully saturated rings. The summed E-state index contributed by atoms with van der Waals surface area (Å²) >= 11 is 0. The van der Waals surface area contributed by atoms with E-state index in [9.17, 15) is 0 Å². The Bertz CT molecular complexity index is 57.1. The monoisotopic (exact) mass is 96.1 g/mol. The Hall–Kier alpha value is 0.0249. The van der Waals surface area contributed by atoms with Crippen molar-refractivity contribution in [2.45, 2.75) is 31.9 Å². The van der Waals surface area contributed by atoms with Crippen LogP contribution in [0.15, 0.2) is 0 Å². The minimum absolute atomic E-state index is 0.0231. The topological polar surface area (TPSA) is 9.23 Å². The molecular formula is C5H9BO. The van der Waals surface area contributed by atoms with E-state index in [1.807, 2.05) is 6.92 Å². The molecule has 0 amide bonds. The van der Waals surface area contributed by atoms with Crippen molar-refractivity contribution in [3.63, 3.8) is 0 Å². The molecule has 0 aromatic heterocycles. The normalized spacial score (nSPS) is 41.9. The van der Waals surface area contributed by atoms with Crippen LogP contribution in [-0.4, -0.2) is 20.0 Å². The van der Waals surface area contributed by atoms with E-state index in [0.29, 0.717) is 6.10 Å². The van der Waals surface area contributed by atoms with E-state index >= 15 is 0 Å². The Morgan fingerprint density at radius 2 is 2.29 bits per heavy atom. The van der Waals surface area contributed by atoms with Gasteiger partial charge in [-0.3, -0.25) is 0 Å². The Morgan fingerprint density at radius 3 is 2.43 bits per heavy atom. The highest BCUT2D eigenvalue weighted by molar-refractivity contribution is 6.11. The molecule has 0 bridgehead atoms. The Morgan fingerprint density at radius 1 is 1.57 bits per heavy atom. The average molecular weight is 95.9 g/mol. The van der Waals surface area contributed by atoms with Crippen molar-refractivity contribution in [1.29, 1.82) is 0 Å². The van der Waals surface area contributed by atoms with Crippen LogP contribution < -0.4 is 0 Å². The van der Waals surface area contributed by atoms with E-state index in [1.54, 1.807) is 0 Å². The third-order valence-electron chi connectivity index (χ3n) is 1.26. The molecule has 0 aromatic rings. The summed E-state index contributed by atoms with van der Waals surface area (Å²) in [5.74, 6) is 0. The van der Waals surface area contributed by atoms with Crippen molar-refractivity contribution in [1.82, 2.24) is 0 Å². The lowest BCUT2D eigenvalue weighted by Gasteiger charge is -2.01. The van der Waals surface area contributed by atoms with Crippen LogP contribution in [-0.2, 0) is 4.74 Å². The first-order valence-corrected chi connectivity index (χ1v) is 2.70. The lowest BCUT2D eigenvalue weighted by molar-refractivity contribution is 0.101. The molecule has 7 heavy (non-hydrogen) atoms. The summed E-state index contributed by atoms with van der Waals surface area (Å²) in [7, 11) is 5.40. The Balaban J connectivity index is 2.26. The summed E-state index contributed by atoms with van der Waals surface area (Å²) in [6, 6.07) is 0.0231. The van der Waals surface area contributed by atoms with Crippen molar-refractivity contribution in [3.8, 4) is 0 Å². The van der Waals surface area contributed by atoms with Gasteiger partial charge in [-0.05, 0) is 19.8 Å². The van der Waals surface area contributed by atoms with Gasteiger partial charge < -0.3 is 4.74 Å². The Kier molecular flexibility index (Phi) is 1.38. The zero-order valence-corrected chi connectivity index (χ0v) is 4.55. The molecule has 1 aliphatic rings. The number of ether oxygens (including phenoxy) is 1. The predicted octanol–water partition coefficient (Wildman–Crippen LogP) is 0.680. The second-order valence-electron chi connectivity index (χ2n) is 2.06. The fraction of sp³-hybridized carbons (Fsp3) is 1.00. The first-order valence-electron chi connectivity index (χ1n) is 2.70. The maximum absolute atomic E-state index is 5.40. The van der Waals surface area contributed by atoms with Gasteiger partial charge in [0, 0.05) is 6.00 Å². The van der Waals surface area contributed by atoms with Gasteiger partial charge >= 0.3 is 0 Å². The van der Waals surface area contributed by atoms with Crippen molar-refractivity contribution in [2.75, 3.05) is 0 Å². The molecule has 0 aromatic carbocycles. The molecule has 1 unspecified atom stereocenters. The quantitative estimate of drug-likeness (QED) is 0.403. The predicted molar refractivity (Wildman–Crippen MR) is 29.3 cm³/mol. The van der Waals surface area contributed by atoms with Crippen LogP contribution in [0.3, 0.4) is 0 Å². The van der Waals surface area contributed by atoms with Gasteiger partial charge in [-0.1, -0.05) is 0 Å². The van der Waals surface area contributed by atoms with Crippen molar-refractivity contribution < 1.29 is 4.74 Å². The van der Waals surface area contributed by atoms with Crippen LogP contribution in [0.5, 0.6) is 0 Å². The molecule has 2 atom stereocenters. The molecule has 1 heterocycles. The van der Waals surface area contributed by atoms with Gasteiger partial charge in [0.1, 0.15) is 7.85 Å². The number of rotatable bonds is 0. The molecule has 2 heteroatoms. The van der Waals surface area contributed by atoms with Crippen LogP contribution in [0.2, 0.25) is 0 Å². The van der Waals surface area contributed by atoms with E-state index in [1.165, 1.54) is 0 Å². The van der Waals surface area contributed by atoms with Gasteiger partial charge in [0.25, 0.3) is 0 Å². The van der Waals surface area contributed by atoms with Crippen LogP contribution in [0.1, 0.15) is 19.8 Å². The maximum Gasteiger partial charge on any atom is 0.108 e. The molecule has 0 aliphatic carbocycles. The molecule has 1 nitrogen and oxygen atoms in total. The lowest BCUT2D eigenvalue weighted by atomic mass is 9.97. The first-order chi connectivity index (χ1) is 3.29. The summed E-state index contributed by atoms with van der Waals surface area (Å²) in [6.07, 6.45) is 2.55. The van der Waals surface area contributed by atoms with Crippen LogP contribution in [0.25, 0.3) is 0 Å². The van der Waals surface area contributed by atoms with Crippen molar-refractivity contribution in [2.24, 2.45) is 0 Å². The zero-order chi connectivity index (χ0) is 5.28. The highest BCUT2D eigenvalue weighted by Crippen LogP contribution is 2.15. The zero-order valence-electron chi connectivity index (χ0n) is 4.55. The molecule has 0 N–H and O–H groups in total. The van der Waals surface area contributed by atoms with E-state index < -0.39 is 0 Å². The van der Waals surface area contributed by atoms with Gasteiger partial charge in [0.05, 0.1) is 6.10 Å². The summed E-state index contributed by atoms with van der Waals surface area (Å²) < 4.78 is 5.14. The van der Waals surface area contributed by atoms with Gasteiger partial charge in [0.15, 0.2) is 0 Å². The molecule has 2 radical (unpaired) electrons.